The van der Waals surface area contributed by atoms with Crippen LogP contribution in [0, 0.1) is 0 Å². The van der Waals surface area contributed by atoms with Crippen molar-refractivity contribution >= 4 is 5.97 Å². The molecule has 2 unspecified atom stereocenters. The van der Waals surface area contributed by atoms with Crippen LogP contribution in [0.25, 0.3) is 0 Å². The van der Waals surface area contributed by atoms with Crippen molar-refractivity contribution in [3.05, 3.63) is 0 Å². The van der Waals surface area contributed by atoms with Crippen LogP contribution in [0.5, 0.6) is 0 Å². The third kappa shape index (κ3) is 6.54. The maximum Gasteiger partial charge on any atom is 0.306 e. The molecule has 0 saturated heterocycles. The Bertz CT molecular complexity index is 147. The fourth-order valence-corrected chi connectivity index (χ4v) is 1.11. The summed E-state index contributed by atoms with van der Waals surface area (Å²) in [4.78, 5) is 10.2. The first-order valence-corrected chi connectivity index (χ1v) is 4.65. The van der Waals surface area contributed by atoms with Crippen molar-refractivity contribution in [3.63, 3.8) is 0 Å². The smallest absolute Gasteiger partial charge is 0.306 e. The minimum Gasteiger partial charge on any atom is -0.481 e. The Labute approximate surface area is 78.2 Å². The third-order valence-corrected chi connectivity index (χ3v) is 1.93. The number of unbranched alkanes of at least 4 members (excludes halogenated alkanes) is 2. The molecule has 0 aromatic heterocycles. The number of hydrogen-bond donors (Lipinski definition) is 3. The van der Waals surface area contributed by atoms with E-state index in [4.69, 9.17) is 10.2 Å². The van der Waals surface area contributed by atoms with E-state index in [0.717, 1.165) is 19.3 Å². The van der Waals surface area contributed by atoms with E-state index in [-0.39, 0.29) is 6.42 Å². The van der Waals surface area contributed by atoms with Gasteiger partial charge in [-0.1, -0.05) is 26.2 Å². The standard InChI is InChI=1S/C9H18O4/c1-2-3-4-5-7(10)8(11)6-9(12)13/h7-8,10-11H,2-6H2,1H3,(H,12,13). The molecular formula is C9H18O4. The van der Waals surface area contributed by atoms with Crippen LogP contribution in [0.4, 0.5) is 0 Å². The summed E-state index contributed by atoms with van der Waals surface area (Å²) >= 11 is 0. The summed E-state index contributed by atoms with van der Waals surface area (Å²) in [5.41, 5.74) is 0. The van der Waals surface area contributed by atoms with Gasteiger partial charge >= 0.3 is 5.97 Å². The molecule has 0 spiro atoms. The SMILES string of the molecule is CCCCCC(O)C(O)CC(=O)O. The molecule has 0 aliphatic carbocycles. The van der Waals surface area contributed by atoms with Crippen molar-refractivity contribution < 1.29 is 20.1 Å². The van der Waals surface area contributed by atoms with Crippen LogP contribution in [0.3, 0.4) is 0 Å². The molecule has 0 radical (unpaired) electrons. The summed E-state index contributed by atoms with van der Waals surface area (Å²) in [5, 5.41) is 26.8. The van der Waals surface area contributed by atoms with E-state index < -0.39 is 18.2 Å². The van der Waals surface area contributed by atoms with Gasteiger partial charge in [0.2, 0.25) is 0 Å². The predicted molar refractivity (Wildman–Crippen MR) is 48.4 cm³/mol. The molecule has 0 saturated carbocycles. The molecule has 3 N–H and O–H groups in total. The molecule has 0 heterocycles. The summed E-state index contributed by atoms with van der Waals surface area (Å²) in [6.45, 7) is 2.04. The van der Waals surface area contributed by atoms with Crippen LogP contribution in [0.2, 0.25) is 0 Å². The molecule has 4 nitrogen and oxygen atoms in total. The van der Waals surface area contributed by atoms with Crippen LogP contribution in [0.15, 0.2) is 0 Å². The Morgan fingerprint density at radius 2 is 1.85 bits per heavy atom. The van der Waals surface area contributed by atoms with Gasteiger partial charge in [0.1, 0.15) is 0 Å². The van der Waals surface area contributed by atoms with E-state index in [1.54, 1.807) is 0 Å². The normalized spacial score (nSPS) is 15.3. The van der Waals surface area contributed by atoms with Crippen LogP contribution in [0.1, 0.15) is 39.0 Å². The van der Waals surface area contributed by atoms with Gasteiger partial charge in [0.25, 0.3) is 0 Å². The quantitative estimate of drug-likeness (QED) is 0.518. The lowest BCUT2D eigenvalue weighted by Crippen LogP contribution is -2.28. The molecule has 0 aromatic carbocycles. The average Bonchev–Trinajstić information content (AvgIpc) is 2.03. The van der Waals surface area contributed by atoms with Gasteiger partial charge in [0.15, 0.2) is 0 Å². The van der Waals surface area contributed by atoms with Crippen molar-refractivity contribution in [2.75, 3.05) is 0 Å². The molecule has 0 aliphatic heterocycles. The van der Waals surface area contributed by atoms with Crippen LogP contribution < -0.4 is 0 Å². The van der Waals surface area contributed by atoms with Crippen LogP contribution in [-0.2, 0) is 4.79 Å². The number of aliphatic hydroxyl groups is 2. The Balaban J connectivity index is 3.56. The van der Waals surface area contributed by atoms with Gasteiger partial charge in [-0.25, -0.2) is 0 Å². The van der Waals surface area contributed by atoms with Crippen molar-refractivity contribution in [1.29, 1.82) is 0 Å². The number of hydrogen-bond acceptors (Lipinski definition) is 3. The van der Waals surface area contributed by atoms with Crippen molar-refractivity contribution in [3.8, 4) is 0 Å². The molecule has 0 bridgehead atoms. The second-order valence-corrected chi connectivity index (χ2v) is 3.23. The van der Waals surface area contributed by atoms with Gasteiger partial charge in [-0.15, -0.1) is 0 Å². The molecule has 0 fully saturated rings. The lowest BCUT2D eigenvalue weighted by molar-refractivity contribution is -0.141. The Hall–Kier alpha value is -0.610. The highest BCUT2D eigenvalue weighted by molar-refractivity contribution is 5.67. The summed E-state index contributed by atoms with van der Waals surface area (Å²) in [7, 11) is 0. The van der Waals surface area contributed by atoms with Gasteiger partial charge < -0.3 is 15.3 Å². The van der Waals surface area contributed by atoms with Crippen molar-refractivity contribution in [2.45, 2.75) is 51.2 Å². The van der Waals surface area contributed by atoms with Gasteiger partial charge in [-0.2, -0.15) is 0 Å². The highest BCUT2D eigenvalue weighted by Gasteiger charge is 2.18. The van der Waals surface area contributed by atoms with Gasteiger partial charge in [-0.3, -0.25) is 4.79 Å². The van der Waals surface area contributed by atoms with Crippen LogP contribution >= 0.6 is 0 Å². The molecule has 0 aromatic rings. The van der Waals surface area contributed by atoms with Gasteiger partial charge in [0, 0.05) is 0 Å². The lowest BCUT2D eigenvalue weighted by Gasteiger charge is -2.15. The van der Waals surface area contributed by atoms with E-state index in [9.17, 15) is 9.90 Å². The van der Waals surface area contributed by atoms with Crippen molar-refractivity contribution in [1.82, 2.24) is 0 Å². The summed E-state index contributed by atoms with van der Waals surface area (Å²) in [5.74, 6) is -1.08. The van der Waals surface area contributed by atoms with E-state index in [1.807, 2.05) is 6.92 Å². The van der Waals surface area contributed by atoms with E-state index in [0.29, 0.717) is 6.42 Å². The largest absolute Gasteiger partial charge is 0.481 e. The van der Waals surface area contributed by atoms with E-state index >= 15 is 0 Å². The second kappa shape index (κ2) is 6.86. The zero-order valence-corrected chi connectivity index (χ0v) is 7.94. The molecule has 78 valence electrons. The second-order valence-electron chi connectivity index (χ2n) is 3.23. The summed E-state index contributed by atoms with van der Waals surface area (Å²) in [6, 6.07) is 0. The van der Waals surface area contributed by atoms with E-state index in [1.165, 1.54) is 0 Å². The number of aliphatic carboxylic acids is 1. The first kappa shape index (κ1) is 12.4. The zero-order chi connectivity index (χ0) is 10.3. The molecule has 4 heteroatoms. The number of carboxylic acids is 1. The minimum atomic E-state index is -1.13. The van der Waals surface area contributed by atoms with Crippen molar-refractivity contribution in [2.24, 2.45) is 0 Å². The molecule has 0 aliphatic rings. The Kier molecular flexibility index (Phi) is 6.54. The van der Waals surface area contributed by atoms with Gasteiger partial charge in [-0.05, 0) is 6.42 Å². The maximum absolute atomic E-state index is 10.2. The molecule has 13 heavy (non-hydrogen) atoms. The predicted octanol–water partition coefficient (Wildman–Crippen LogP) is 0.763. The molecular weight excluding hydrogens is 172 g/mol. The van der Waals surface area contributed by atoms with Gasteiger partial charge in [0.05, 0.1) is 18.6 Å². The van der Waals surface area contributed by atoms with E-state index in [2.05, 4.69) is 0 Å². The minimum absolute atomic E-state index is 0.382. The monoisotopic (exact) mass is 190 g/mol. The maximum atomic E-state index is 10.2. The summed E-state index contributed by atoms with van der Waals surface area (Å²) in [6.07, 6.45) is 0.930. The first-order valence-electron chi connectivity index (χ1n) is 4.65. The zero-order valence-electron chi connectivity index (χ0n) is 7.94. The molecule has 0 amide bonds. The molecule has 0 rings (SSSR count). The number of carboxylic acid groups (broad SMARTS) is 1. The average molecular weight is 190 g/mol. The first-order chi connectivity index (χ1) is 6.07. The summed E-state index contributed by atoms with van der Waals surface area (Å²) < 4.78 is 0. The lowest BCUT2D eigenvalue weighted by atomic mass is 10.0. The number of aliphatic hydroxyl groups excluding tert-OH is 2. The fourth-order valence-electron chi connectivity index (χ4n) is 1.11. The van der Waals surface area contributed by atoms with Crippen LogP contribution in [-0.4, -0.2) is 33.5 Å². The highest BCUT2D eigenvalue weighted by Crippen LogP contribution is 2.08. The topological polar surface area (TPSA) is 77.8 Å². The Morgan fingerprint density at radius 3 is 2.31 bits per heavy atom. The highest BCUT2D eigenvalue weighted by atomic mass is 16.4. The Morgan fingerprint density at radius 1 is 1.23 bits per heavy atom. The number of carbonyl (C=O) groups is 1. The fraction of sp³-hybridized carbons (Fsp3) is 0.889. The molecule has 2 atom stereocenters. The third-order valence-electron chi connectivity index (χ3n) is 1.93. The number of rotatable bonds is 7.